The highest BCUT2D eigenvalue weighted by molar-refractivity contribution is 7.98. The van der Waals surface area contributed by atoms with Gasteiger partial charge in [-0.3, -0.25) is 4.79 Å². The van der Waals surface area contributed by atoms with Crippen molar-refractivity contribution in [2.24, 2.45) is 0 Å². The Bertz CT molecular complexity index is 723. The largest absolute Gasteiger partial charge is 0.352 e. The van der Waals surface area contributed by atoms with Crippen molar-refractivity contribution in [1.29, 1.82) is 0 Å². The van der Waals surface area contributed by atoms with Crippen molar-refractivity contribution < 1.29 is 4.79 Å². The van der Waals surface area contributed by atoms with Crippen molar-refractivity contribution in [3.05, 3.63) is 45.9 Å². The Hall–Kier alpha value is -0.830. The fraction of sp³-hybridized carbons (Fsp3) is 0.474. The average molecular weight is 464 g/mol. The molecule has 2 aromatic rings. The van der Waals surface area contributed by atoms with Gasteiger partial charge in [0.2, 0.25) is 0 Å². The van der Waals surface area contributed by atoms with Crippen LogP contribution in [-0.2, 0) is 5.75 Å². The van der Waals surface area contributed by atoms with Gasteiger partial charge >= 0.3 is 0 Å². The summed E-state index contributed by atoms with van der Waals surface area (Å²) < 4.78 is 0. The Morgan fingerprint density at radius 1 is 1.29 bits per heavy atom. The molecule has 3 rings (SSSR count). The summed E-state index contributed by atoms with van der Waals surface area (Å²) in [5.41, 5.74) is 1.83. The number of halogens is 2. The molecule has 28 heavy (non-hydrogen) atoms. The number of hydrogen-bond acceptors (Lipinski definition) is 6. The molecule has 2 N–H and O–H groups in total. The maximum absolute atomic E-state index is 12.6. The lowest BCUT2D eigenvalue weighted by molar-refractivity contribution is 0.0948. The molecule has 1 amide bonds. The zero-order chi connectivity index (χ0) is 18.2. The molecule has 1 saturated heterocycles. The van der Waals surface area contributed by atoms with Gasteiger partial charge in [-0.1, -0.05) is 12.1 Å². The maximum atomic E-state index is 12.6. The lowest BCUT2D eigenvalue weighted by atomic mass is 10.2. The summed E-state index contributed by atoms with van der Waals surface area (Å²) in [4.78, 5) is 20.5. The van der Waals surface area contributed by atoms with Gasteiger partial charge in [0.25, 0.3) is 5.91 Å². The summed E-state index contributed by atoms with van der Waals surface area (Å²) in [5, 5.41) is 9.60. The summed E-state index contributed by atoms with van der Waals surface area (Å²) in [7, 11) is 0. The summed E-state index contributed by atoms with van der Waals surface area (Å²) in [5.74, 6) is 0.806. The van der Waals surface area contributed by atoms with E-state index in [1.165, 1.54) is 0 Å². The van der Waals surface area contributed by atoms with Crippen molar-refractivity contribution in [2.75, 3.05) is 39.3 Å². The molecule has 0 aliphatic carbocycles. The number of rotatable bonds is 8. The smallest absolute Gasteiger partial charge is 0.252 e. The second-order valence-electron chi connectivity index (χ2n) is 6.34. The average Bonchev–Trinajstić information content (AvgIpc) is 3.10. The van der Waals surface area contributed by atoms with Crippen LogP contribution in [-0.4, -0.2) is 55.1 Å². The third kappa shape index (κ3) is 7.89. The van der Waals surface area contributed by atoms with Crippen molar-refractivity contribution in [3.63, 3.8) is 0 Å². The van der Waals surface area contributed by atoms with E-state index in [2.05, 4.69) is 25.9 Å². The van der Waals surface area contributed by atoms with Crippen LogP contribution in [0.25, 0.3) is 0 Å². The molecule has 0 unspecified atom stereocenters. The minimum atomic E-state index is 0. The minimum Gasteiger partial charge on any atom is -0.352 e. The zero-order valence-corrected chi connectivity index (χ0v) is 19.2. The van der Waals surface area contributed by atoms with Crippen LogP contribution in [0.2, 0.25) is 0 Å². The number of thiazole rings is 1. The van der Waals surface area contributed by atoms with Gasteiger partial charge in [-0.05, 0) is 32.0 Å². The van der Waals surface area contributed by atoms with Crippen molar-refractivity contribution >= 4 is 53.8 Å². The normalized spacial score (nSPS) is 14.0. The van der Waals surface area contributed by atoms with E-state index in [0.717, 1.165) is 66.1 Å². The van der Waals surface area contributed by atoms with Crippen LogP contribution in [0.1, 0.15) is 27.5 Å². The van der Waals surface area contributed by atoms with Crippen molar-refractivity contribution in [1.82, 2.24) is 20.5 Å². The molecule has 1 fully saturated rings. The molecule has 2 heterocycles. The fourth-order valence-electron chi connectivity index (χ4n) is 2.94. The molecule has 0 saturated carbocycles. The first-order chi connectivity index (χ1) is 12.7. The summed E-state index contributed by atoms with van der Waals surface area (Å²) in [6.07, 6.45) is 0.985. The molecule has 0 radical (unpaired) electrons. The number of nitrogens with one attached hydrogen (secondary N) is 2. The van der Waals surface area contributed by atoms with E-state index < -0.39 is 0 Å². The van der Waals surface area contributed by atoms with Gasteiger partial charge in [0.1, 0.15) is 0 Å². The molecule has 1 aromatic heterocycles. The van der Waals surface area contributed by atoms with E-state index in [-0.39, 0.29) is 30.7 Å². The van der Waals surface area contributed by atoms with Gasteiger partial charge in [-0.15, -0.1) is 47.9 Å². The van der Waals surface area contributed by atoms with Crippen molar-refractivity contribution in [2.45, 2.75) is 24.0 Å². The number of aromatic nitrogens is 1. The van der Waals surface area contributed by atoms with E-state index in [1.807, 2.05) is 31.2 Å². The first-order valence-electron chi connectivity index (χ1n) is 9.06. The number of amides is 1. The van der Waals surface area contributed by atoms with Gasteiger partial charge in [0.15, 0.2) is 0 Å². The number of hydrogen-bond donors (Lipinski definition) is 2. The van der Waals surface area contributed by atoms with Gasteiger partial charge < -0.3 is 15.5 Å². The highest BCUT2D eigenvalue weighted by Gasteiger charge is 2.13. The number of nitrogens with zero attached hydrogens (tertiary/aromatic N) is 2. The highest BCUT2D eigenvalue weighted by atomic mass is 35.5. The Balaban J connectivity index is 0.00000196. The molecule has 0 bridgehead atoms. The second kappa shape index (κ2) is 13.4. The molecule has 1 aliphatic rings. The lowest BCUT2D eigenvalue weighted by Crippen LogP contribution is -2.44. The fourth-order valence-corrected chi connectivity index (χ4v) is 4.60. The van der Waals surface area contributed by atoms with Crippen LogP contribution < -0.4 is 10.6 Å². The monoisotopic (exact) mass is 462 g/mol. The van der Waals surface area contributed by atoms with Crippen molar-refractivity contribution in [3.8, 4) is 0 Å². The standard InChI is InChI=1S/C19H26N4OS2.2ClH/c1-15-22-16(13-25-15)14-26-18-6-3-2-5-17(18)19(24)21-7-4-10-23-11-8-20-9-12-23;;/h2-3,5-6,13,20H,4,7-12,14H2,1H3,(H,21,24);2*1H. The number of thioether (sulfide) groups is 1. The quantitative estimate of drug-likeness (QED) is 0.463. The first kappa shape index (κ1) is 25.2. The van der Waals surface area contributed by atoms with Crippen LogP contribution in [0.15, 0.2) is 34.5 Å². The number of benzene rings is 1. The van der Waals surface area contributed by atoms with E-state index in [1.54, 1.807) is 23.1 Å². The summed E-state index contributed by atoms with van der Waals surface area (Å²) >= 11 is 3.34. The topological polar surface area (TPSA) is 57.3 Å². The Morgan fingerprint density at radius 2 is 2.04 bits per heavy atom. The molecular formula is C19H28Cl2N4OS2. The summed E-state index contributed by atoms with van der Waals surface area (Å²) in [6, 6.07) is 7.82. The molecule has 9 heteroatoms. The molecule has 1 aromatic carbocycles. The third-order valence-corrected chi connectivity index (χ3v) is 6.25. The first-order valence-corrected chi connectivity index (χ1v) is 10.9. The van der Waals surface area contributed by atoms with Crippen LogP contribution in [0.4, 0.5) is 0 Å². The van der Waals surface area contributed by atoms with E-state index >= 15 is 0 Å². The number of carbonyl (C=O) groups excluding carboxylic acids is 1. The van der Waals surface area contributed by atoms with Crippen LogP contribution in [0.3, 0.4) is 0 Å². The van der Waals surface area contributed by atoms with Crippen LogP contribution in [0.5, 0.6) is 0 Å². The molecular weight excluding hydrogens is 435 g/mol. The van der Waals surface area contributed by atoms with E-state index in [0.29, 0.717) is 6.54 Å². The molecule has 1 aliphatic heterocycles. The Kier molecular flexibility index (Phi) is 12.1. The third-order valence-electron chi connectivity index (χ3n) is 4.32. The zero-order valence-electron chi connectivity index (χ0n) is 16.0. The van der Waals surface area contributed by atoms with Gasteiger partial charge in [-0.25, -0.2) is 4.98 Å². The van der Waals surface area contributed by atoms with Gasteiger partial charge in [-0.2, -0.15) is 0 Å². The molecule has 0 spiro atoms. The van der Waals surface area contributed by atoms with Crippen LogP contribution in [0, 0.1) is 6.92 Å². The molecule has 156 valence electrons. The van der Waals surface area contributed by atoms with Gasteiger partial charge in [0.05, 0.1) is 16.3 Å². The number of piperazine rings is 1. The minimum absolute atomic E-state index is 0. The van der Waals surface area contributed by atoms with Crippen LogP contribution >= 0.6 is 47.9 Å². The Morgan fingerprint density at radius 3 is 2.75 bits per heavy atom. The number of aryl methyl sites for hydroxylation is 1. The maximum Gasteiger partial charge on any atom is 0.252 e. The van der Waals surface area contributed by atoms with E-state index in [4.69, 9.17) is 0 Å². The predicted octanol–water partition coefficient (Wildman–Crippen LogP) is 3.61. The Labute approximate surface area is 187 Å². The number of carbonyl (C=O) groups is 1. The second-order valence-corrected chi connectivity index (χ2v) is 8.42. The lowest BCUT2D eigenvalue weighted by Gasteiger charge is -2.27. The van der Waals surface area contributed by atoms with Gasteiger partial charge in [0, 0.05) is 48.8 Å². The molecule has 5 nitrogen and oxygen atoms in total. The SMILES string of the molecule is Cc1nc(CSc2ccccc2C(=O)NCCCN2CCNCC2)cs1.Cl.Cl. The molecule has 0 atom stereocenters. The predicted molar refractivity (Wildman–Crippen MR) is 124 cm³/mol. The summed E-state index contributed by atoms with van der Waals surface area (Å²) in [6.45, 7) is 8.10. The van der Waals surface area contributed by atoms with E-state index in [9.17, 15) is 4.79 Å². The highest BCUT2D eigenvalue weighted by Crippen LogP contribution is 2.26.